The minimum absolute atomic E-state index is 0.0530. The number of imidazole rings is 1. The Kier molecular flexibility index (Phi) is 6.53. The van der Waals surface area contributed by atoms with Crippen molar-refractivity contribution in [3.05, 3.63) is 72.6 Å². The van der Waals surface area contributed by atoms with Crippen LogP contribution in [0.4, 0.5) is 14.6 Å². The summed E-state index contributed by atoms with van der Waals surface area (Å²) in [6.07, 6.45) is 6.21. The zero-order chi connectivity index (χ0) is 26.9. The summed E-state index contributed by atoms with van der Waals surface area (Å²) in [6.45, 7) is 1.42. The molecule has 2 N–H and O–H groups in total. The quantitative estimate of drug-likeness (QED) is 0.317. The van der Waals surface area contributed by atoms with Gasteiger partial charge in [-0.25, -0.2) is 28.4 Å². The zero-order valence-corrected chi connectivity index (χ0v) is 21.1. The van der Waals surface area contributed by atoms with Crippen LogP contribution >= 0.6 is 0 Å². The van der Waals surface area contributed by atoms with Crippen LogP contribution in [0.15, 0.2) is 55.2 Å². The van der Waals surface area contributed by atoms with Gasteiger partial charge in [0.15, 0.2) is 5.65 Å². The summed E-state index contributed by atoms with van der Waals surface area (Å²) in [5.41, 5.74) is 8.11. The number of aryl methyl sites for hydroxylation is 1. The topological polar surface area (TPSA) is 115 Å². The van der Waals surface area contributed by atoms with E-state index in [1.807, 2.05) is 7.05 Å². The first kappa shape index (κ1) is 24.7. The Hall–Kier alpha value is -4.58. The van der Waals surface area contributed by atoms with E-state index in [9.17, 15) is 4.39 Å². The average Bonchev–Trinajstić information content (AvgIpc) is 3.52. The fraction of sp³-hybridized carbons (Fsp3) is 0.259. The number of anilines is 1. The molecule has 3 aromatic heterocycles. The number of rotatable bonds is 7. The fourth-order valence-corrected chi connectivity index (χ4v) is 4.62. The number of nitrogens with two attached hydrogens (primary N) is 1. The van der Waals surface area contributed by atoms with Crippen molar-refractivity contribution in [3.63, 3.8) is 0 Å². The lowest BCUT2D eigenvalue weighted by Crippen LogP contribution is -2.20. The SMILES string of the molecule is Cn1cncc1COc1cc(F)cc(Oc2ccc(-c3nn(C4CCOCC4)c4ncnc(N)c34)c(F)c2)c1. The molecule has 1 saturated heterocycles. The molecule has 1 aliphatic heterocycles. The van der Waals surface area contributed by atoms with E-state index in [0.29, 0.717) is 29.9 Å². The van der Waals surface area contributed by atoms with Crippen molar-refractivity contribution in [2.45, 2.75) is 25.5 Å². The summed E-state index contributed by atoms with van der Waals surface area (Å²) in [4.78, 5) is 12.5. The summed E-state index contributed by atoms with van der Waals surface area (Å²) in [6, 6.07) is 8.38. The summed E-state index contributed by atoms with van der Waals surface area (Å²) >= 11 is 0. The number of ether oxygens (including phenoxy) is 3. The van der Waals surface area contributed by atoms with E-state index >= 15 is 4.39 Å². The molecule has 0 radical (unpaired) electrons. The van der Waals surface area contributed by atoms with Crippen LogP contribution in [-0.4, -0.2) is 42.5 Å². The van der Waals surface area contributed by atoms with Crippen molar-refractivity contribution in [1.29, 1.82) is 0 Å². The van der Waals surface area contributed by atoms with E-state index in [1.165, 1.54) is 30.6 Å². The highest BCUT2D eigenvalue weighted by Gasteiger charge is 2.25. The monoisotopic (exact) mass is 533 g/mol. The molecule has 1 fully saturated rings. The molecule has 5 aromatic rings. The first-order chi connectivity index (χ1) is 19.0. The predicted molar refractivity (Wildman–Crippen MR) is 138 cm³/mol. The standard InChI is InChI=1S/C27H25F2N7O3/c1-35-15-31-12-18(35)13-38-20-8-16(28)9-21(10-20)39-19-2-3-22(23(29)11-19)25-24-26(30)32-14-33-27(24)36(34-25)17-4-6-37-7-5-17/h2-3,8-12,14-15,17H,4-7,13H2,1H3,(H2,30,32,33). The number of hydrogen-bond donors (Lipinski definition) is 1. The van der Waals surface area contributed by atoms with Crippen LogP contribution in [0, 0.1) is 11.6 Å². The maximum absolute atomic E-state index is 15.5. The fourth-order valence-electron chi connectivity index (χ4n) is 4.62. The normalized spacial score (nSPS) is 14.1. The lowest BCUT2D eigenvalue weighted by Gasteiger charge is -2.22. The first-order valence-corrected chi connectivity index (χ1v) is 12.4. The lowest BCUT2D eigenvalue weighted by atomic mass is 10.1. The number of nitrogens with zero attached hydrogens (tertiary/aromatic N) is 6. The van der Waals surface area contributed by atoms with Crippen LogP contribution in [0.2, 0.25) is 0 Å². The van der Waals surface area contributed by atoms with Gasteiger partial charge >= 0.3 is 0 Å². The van der Waals surface area contributed by atoms with Gasteiger partial charge in [-0.2, -0.15) is 5.10 Å². The van der Waals surface area contributed by atoms with Gasteiger partial charge in [-0.1, -0.05) is 0 Å². The minimum atomic E-state index is -0.585. The van der Waals surface area contributed by atoms with Crippen molar-refractivity contribution in [3.8, 4) is 28.5 Å². The first-order valence-electron chi connectivity index (χ1n) is 12.4. The van der Waals surface area contributed by atoms with Gasteiger partial charge in [-0.15, -0.1) is 0 Å². The third kappa shape index (κ3) is 4.98. The molecule has 6 rings (SSSR count). The van der Waals surface area contributed by atoms with Crippen LogP contribution in [0.1, 0.15) is 24.6 Å². The molecule has 0 amide bonds. The van der Waals surface area contributed by atoms with Crippen molar-refractivity contribution >= 4 is 16.9 Å². The maximum atomic E-state index is 15.5. The molecule has 0 atom stereocenters. The van der Waals surface area contributed by atoms with Gasteiger partial charge in [-0.3, -0.25) is 0 Å². The van der Waals surface area contributed by atoms with E-state index < -0.39 is 11.6 Å². The van der Waals surface area contributed by atoms with Gasteiger partial charge in [-0.05, 0) is 25.0 Å². The average molecular weight is 534 g/mol. The van der Waals surface area contributed by atoms with Gasteiger partial charge in [0.1, 0.15) is 53.3 Å². The van der Waals surface area contributed by atoms with Crippen LogP contribution in [-0.2, 0) is 18.4 Å². The van der Waals surface area contributed by atoms with E-state index in [-0.39, 0.29) is 41.3 Å². The molecule has 4 heterocycles. The van der Waals surface area contributed by atoms with Gasteiger partial charge in [0.05, 0.1) is 29.6 Å². The van der Waals surface area contributed by atoms with E-state index in [0.717, 1.165) is 18.5 Å². The van der Waals surface area contributed by atoms with Gasteiger partial charge in [0.25, 0.3) is 0 Å². The molecule has 12 heteroatoms. The molecule has 0 saturated carbocycles. The van der Waals surface area contributed by atoms with Crippen LogP contribution in [0.25, 0.3) is 22.3 Å². The molecule has 10 nitrogen and oxygen atoms in total. The van der Waals surface area contributed by atoms with Gasteiger partial charge < -0.3 is 24.5 Å². The Morgan fingerprint density at radius 1 is 1.05 bits per heavy atom. The Bertz CT molecular complexity index is 1650. The number of hydrogen-bond acceptors (Lipinski definition) is 8. The van der Waals surface area contributed by atoms with E-state index in [1.54, 1.807) is 33.9 Å². The second-order valence-corrected chi connectivity index (χ2v) is 9.25. The zero-order valence-electron chi connectivity index (χ0n) is 21.1. The smallest absolute Gasteiger partial charge is 0.164 e. The van der Waals surface area contributed by atoms with E-state index in [2.05, 4.69) is 15.0 Å². The lowest BCUT2D eigenvalue weighted by molar-refractivity contribution is 0.0674. The number of fused-ring (bicyclic) bond motifs is 1. The van der Waals surface area contributed by atoms with Crippen molar-refractivity contribution in [1.82, 2.24) is 29.3 Å². The minimum Gasteiger partial charge on any atom is -0.487 e. The molecule has 0 aliphatic carbocycles. The molecule has 200 valence electrons. The maximum Gasteiger partial charge on any atom is 0.164 e. The molecule has 0 spiro atoms. The second-order valence-electron chi connectivity index (χ2n) is 9.25. The number of benzene rings is 2. The summed E-state index contributed by atoms with van der Waals surface area (Å²) in [5.74, 6) is -0.315. The van der Waals surface area contributed by atoms with Crippen LogP contribution < -0.4 is 15.2 Å². The highest BCUT2D eigenvalue weighted by molar-refractivity contribution is 5.98. The summed E-state index contributed by atoms with van der Waals surface area (Å²) < 4.78 is 50.3. The predicted octanol–water partition coefficient (Wildman–Crippen LogP) is 4.81. The summed E-state index contributed by atoms with van der Waals surface area (Å²) in [5, 5.41) is 5.20. The molecular weight excluding hydrogens is 508 g/mol. The van der Waals surface area contributed by atoms with Crippen molar-refractivity contribution in [2.75, 3.05) is 18.9 Å². The molecule has 39 heavy (non-hydrogen) atoms. The Morgan fingerprint density at radius 2 is 1.87 bits per heavy atom. The molecule has 1 aliphatic rings. The Balaban J connectivity index is 1.27. The molecule has 0 bridgehead atoms. The van der Waals surface area contributed by atoms with Crippen LogP contribution in [0.5, 0.6) is 17.2 Å². The number of nitrogen functional groups attached to an aromatic ring is 1. The van der Waals surface area contributed by atoms with Crippen molar-refractivity contribution < 1.29 is 23.0 Å². The van der Waals surface area contributed by atoms with Crippen LogP contribution in [0.3, 0.4) is 0 Å². The number of aromatic nitrogens is 6. The third-order valence-corrected chi connectivity index (χ3v) is 6.63. The highest BCUT2D eigenvalue weighted by atomic mass is 19.1. The van der Waals surface area contributed by atoms with Gasteiger partial charge in [0.2, 0.25) is 0 Å². The Morgan fingerprint density at radius 3 is 2.64 bits per heavy atom. The molecule has 2 aromatic carbocycles. The summed E-state index contributed by atoms with van der Waals surface area (Å²) in [7, 11) is 1.84. The van der Waals surface area contributed by atoms with Gasteiger partial charge in [0, 0.05) is 50.1 Å². The Labute approximate surface area is 222 Å². The molecular formula is C27H25F2N7O3. The van der Waals surface area contributed by atoms with E-state index in [4.69, 9.17) is 25.0 Å². The van der Waals surface area contributed by atoms with Crippen molar-refractivity contribution in [2.24, 2.45) is 7.05 Å². The molecule has 0 unspecified atom stereocenters. The third-order valence-electron chi connectivity index (χ3n) is 6.63. The number of halogens is 2. The highest BCUT2D eigenvalue weighted by Crippen LogP contribution is 2.37. The second kappa shape index (κ2) is 10.3. The largest absolute Gasteiger partial charge is 0.487 e.